The molecule has 0 aliphatic heterocycles. The first-order valence-electron chi connectivity index (χ1n) is 6.07. The summed E-state index contributed by atoms with van der Waals surface area (Å²) in [6.45, 7) is 1.86. The normalized spacial score (nSPS) is 11.8. The lowest BCUT2D eigenvalue weighted by Crippen LogP contribution is -2.27. The number of benzene rings is 1. The van der Waals surface area contributed by atoms with Crippen LogP contribution in [0, 0.1) is 10.1 Å². The first kappa shape index (κ1) is 13.7. The molecule has 0 saturated carbocycles. The van der Waals surface area contributed by atoms with Gasteiger partial charge >= 0.3 is 0 Å². The van der Waals surface area contributed by atoms with Crippen LogP contribution in [0.3, 0.4) is 0 Å². The maximum atomic E-state index is 11.9. The Kier molecular flexibility index (Phi) is 4.09. The first-order chi connectivity index (χ1) is 9.56. The molecule has 7 heteroatoms. The molecular formula is C13H14N4O3. The van der Waals surface area contributed by atoms with Crippen LogP contribution in [0.15, 0.2) is 36.7 Å². The van der Waals surface area contributed by atoms with Crippen LogP contribution < -0.4 is 5.32 Å². The van der Waals surface area contributed by atoms with Gasteiger partial charge in [-0.05, 0) is 12.5 Å². The van der Waals surface area contributed by atoms with E-state index in [0.29, 0.717) is 0 Å². The lowest BCUT2D eigenvalue weighted by Gasteiger charge is -2.11. The predicted octanol–water partition coefficient (Wildman–Crippen LogP) is 1.74. The van der Waals surface area contributed by atoms with Gasteiger partial charge in [-0.15, -0.1) is 0 Å². The highest BCUT2D eigenvalue weighted by Gasteiger charge is 2.11. The van der Waals surface area contributed by atoms with Crippen molar-refractivity contribution in [3.8, 4) is 0 Å². The van der Waals surface area contributed by atoms with Gasteiger partial charge < -0.3 is 5.32 Å². The summed E-state index contributed by atoms with van der Waals surface area (Å²) in [6, 6.07) is 5.81. The third kappa shape index (κ3) is 3.41. The summed E-state index contributed by atoms with van der Waals surface area (Å²) in [5.41, 5.74) is 1.63. The number of non-ortho nitro benzene ring substituents is 1. The minimum absolute atomic E-state index is 0.0147. The number of amides is 1. The number of aromatic amines is 1. The number of nitrogens with one attached hydrogen (secondary N) is 2. The molecule has 0 radical (unpaired) electrons. The third-order valence-electron chi connectivity index (χ3n) is 2.91. The van der Waals surface area contributed by atoms with E-state index in [0.717, 1.165) is 11.1 Å². The van der Waals surface area contributed by atoms with E-state index in [9.17, 15) is 14.9 Å². The highest BCUT2D eigenvalue weighted by atomic mass is 16.6. The maximum Gasteiger partial charge on any atom is 0.269 e. The molecule has 1 aromatic carbocycles. The second kappa shape index (κ2) is 5.96. The number of nitrogens with zero attached hydrogens (tertiary/aromatic N) is 2. The van der Waals surface area contributed by atoms with E-state index in [1.807, 2.05) is 6.92 Å². The zero-order valence-electron chi connectivity index (χ0n) is 10.9. The van der Waals surface area contributed by atoms with E-state index < -0.39 is 4.92 Å². The lowest BCUT2D eigenvalue weighted by atomic mass is 10.1. The topological polar surface area (TPSA) is 101 Å². The number of nitro groups is 1. The summed E-state index contributed by atoms with van der Waals surface area (Å²) in [4.78, 5) is 21.9. The number of carbonyl (C=O) groups is 1. The van der Waals surface area contributed by atoms with Crippen molar-refractivity contribution in [1.82, 2.24) is 15.5 Å². The predicted molar refractivity (Wildman–Crippen MR) is 71.9 cm³/mol. The van der Waals surface area contributed by atoms with Gasteiger partial charge in [0.2, 0.25) is 5.91 Å². The Bertz CT molecular complexity index is 593. The average molecular weight is 274 g/mol. The summed E-state index contributed by atoms with van der Waals surface area (Å²) in [7, 11) is 0. The summed E-state index contributed by atoms with van der Waals surface area (Å²) < 4.78 is 0. The van der Waals surface area contributed by atoms with Crippen LogP contribution in [0.4, 0.5) is 5.69 Å². The number of aromatic nitrogens is 2. The first-order valence-corrected chi connectivity index (χ1v) is 6.07. The molecule has 0 aliphatic rings. The van der Waals surface area contributed by atoms with Crippen molar-refractivity contribution >= 4 is 11.6 Å². The smallest absolute Gasteiger partial charge is 0.269 e. The average Bonchev–Trinajstić information content (AvgIpc) is 2.93. The molecular weight excluding hydrogens is 260 g/mol. The summed E-state index contributed by atoms with van der Waals surface area (Å²) in [5.74, 6) is -0.146. The van der Waals surface area contributed by atoms with Crippen molar-refractivity contribution in [1.29, 1.82) is 0 Å². The Morgan fingerprint density at radius 3 is 2.70 bits per heavy atom. The molecule has 0 aliphatic carbocycles. The van der Waals surface area contributed by atoms with Gasteiger partial charge in [0.1, 0.15) is 0 Å². The van der Waals surface area contributed by atoms with E-state index in [1.165, 1.54) is 12.1 Å². The lowest BCUT2D eigenvalue weighted by molar-refractivity contribution is -0.384. The van der Waals surface area contributed by atoms with Crippen molar-refractivity contribution in [2.24, 2.45) is 0 Å². The van der Waals surface area contributed by atoms with Gasteiger partial charge in [-0.25, -0.2) is 0 Å². The molecule has 1 amide bonds. The van der Waals surface area contributed by atoms with E-state index in [4.69, 9.17) is 0 Å². The summed E-state index contributed by atoms with van der Waals surface area (Å²) in [6.07, 6.45) is 3.55. The molecule has 0 saturated heterocycles. The zero-order chi connectivity index (χ0) is 14.5. The summed E-state index contributed by atoms with van der Waals surface area (Å²) >= 11 is 0. The van der Waals surface area contributed by atoms with E-state index in [1.54, 1.807) is 24.5 Å². The molecule has 2 rings (SSSR count). The Balaban J connectivity index is 1.92. The van der Waals surface area contributed by atoms with Gasteiger partial charge in [-0.2, -0.15) is 5.10 Å². The Morgan fingerprint density at radius 2 is 2.15 bits per heavy atom. The maximum absolute atomic E-state index is 11.9. The molecule has 1 atom stereocenters. The molecule has 2 N–H and O–H groups in total. The molecule has 1 heterocycles. The number of rotatable bonds is 5. The van der Waals surface area contributed by atoms with Crippen LogP contribution in [0.5, 0.6) is 0 Å². The molecule has 0 fully saturated rings. The number of H-pyrrole nitrogens is 1. The van der Waals surface area contributed by atoms with E-state index >= 15 is 0 Å². The largest absolute Gasteiger partial charge is 0.349 e. The van der Waals surface area contributed by atoms with Crippen molar-refractivity contribution in [3.63, 3.8) is 0 Å². The zero-order valence-corrected chi connectivity index (χ0v) is 10.9. The highest BCUT2D eigenvalue weighted by Crippen LogP contribution is 2.13. The Labute approximate surface area is 115 Å². The van der Waals surface area contributed by atoms with Crippen molar-refractivity contribution in [2.75, 3.05) is 0 Å². The van der Waals surface area contributed by atoms with E-state index in [2.05, 4.69) is 15.5 Å². The van der Waals surface area contributed by atoms with Crippen LogP contribution in [0.1, 0.15) is 24.1 Å². The van der Waals surface area contributed by atoms with Gasteiger partial charge in [-0.1, -0.05) is 12.1 Å². The second-order valence-electron chi connectivity index (χ2n) is 4.42. The van der Waals surface area contributed by atoms with Crippen LogP contribution in [0.2, 0.25) is 0 Å². The molecule has 1 unspecified atom stereocenters. The Hall–Kier alpha value is -2.70. The van der Waals surface area contributed by atoms with Crippen LogP contribution >= 0.6 is 0 Å². The van der Waals surface area contributed by atoms with Crippen LogP contribution in [0.25, 0.3) is 0 Å². The molecule has 0 spiro atoms. The van der Waals surface area contributed by atoms with E-state index in [-0.39, 0.29) is 24.1 Å². The standard InChI is InChI=1S/C13H14N4O3/c1-9(11-7-14-15-8-11)16-13(18)6-10-2-4-12(5-3-10)17(19)20/h2-5,7-9H,6H2,1H3,(H,14,15)(H,16,18). The molecule has 7 nitrogen and oxygen atoms in total. The highest BCUT2D eigenvalue weighted by molar-refractivity contribution is 5.79. The molecule has 1 aromatic heterocycles. The van der Waals surface area contributed by atoms with Gasteiger partial charge in [0, 0.05) is 23.9 Å². The van der Waals surface area contributed by atoms with Crippen LogP contribution in [-0.4, -0.2) is 21.0 Å². The molecule has 104 valence electrons. The van der Waals surface area contributed by atoms with Gasteiger partial charge in [-0.3, -0.25) is 20.0 Å². The Morgan fingerprint density at radius 1 is 1.45 bits per heavy atom. The van der Waals surface area contributed by atoms with Gasteiger partial charge in [0.05, 0.1) is 23.6 Å². The van der Waals surface area contributed by atoms with Gasteiger partial charge in [0.25, 0.3) is 5.69 Å². The fourth-order valence-electron chi connectivity index (χ4n) is 1.79. The number of hydrogen-bond acceptors (Lipinski definition) is 4. The SMILES string of the molecule is CC(NC(=O)Cc1ccc([N+](=O)[O-])cc1)c1cn[nH]c1. The van der Waals surface area contributed by atoms with Crippen molar-refractivity contribution < 1.29 is 9.72 Å². The quantitative estimate of drug-likeness (QED) is 0.640. The second-order valence-corrected chi connectivity index (χ2v) is 4.42. The third-order valence-corrected chi connectivity index (χ3v) is 2.91. The van der Waals surface area contributed by atoms with Gasteiger partial charge in [0.15, 0.2) is 0 Å². The monoisotopic (exact) mass is 274 g/mol. The molecule has 2 aromatic rings. The summed E-state index contributed by atoms with van der Waals surface area (Å²) in [5, 5.41) is 19.9. The van der Waals surface area contributed by atoms with Crippen LogP contribution in [-0.2, 0) is 11.2 Å². The fourth-order valence-corrected chi connectivity index (χ4v) is 1.79. The number of nitro benzene ring substituents is 1. The fraction of sp³-hybridized carbons (Fsp3) is 0.231. The van der Waals surface area contributed by atoms with Crippen molar-refractivity contribution in [2.45, 2.75) is 19.4 Å². The molecule has 0 bridgehead atoms. The van der Waals surface area contributed by atoms with Crippen molar-refractivity contribution in [3.05, 3.63) is 57.9 Å². The number of hydrogen-bond donors (Lipinski definition) is 2. The minimum Gasteiger partial charge on any atom is -0.349 e. The number of carbonyl (C=O) groups excluding carboxylic acids is 1. The molecule has 20 heavy (non-hydrogen) atoms. The minimum atomic E-state index is -0.467.